The van der Waals surface area contributed by atoms with Gasteiger partial charge in [0.1, 0.15) is 0 Å². The Balaban J connectivity index is 0.000000323. The van der Waals surface area contributed by atoms with Crippen LogP contribution in [0.1, 0.15) is 106 Å². The molecule has 1 aliphatic heterocycles. The number of carbonyl (C=O) groups is 2. The predicted molar refractivity (Wildman–Crippen MR) is 265 cm³/mol. The van der Waals surface area contributed by atoms with E-state index >= 15 is 0 Å². The lowest BCUT2D eigenvalue weighted by Crippen LogP contribution is -2.58. The van der Waals surface area contributed by atoms with Gasteiger partial charge in [0.2, 0.25) is 0 Å². The number of rotatable bonds is 16. The summed E-state index contributed by atoms with van der Waals surface area (Å²) in [6.45, 7) is 18.7. The van der Waals surface area contributed by atoms with Gasteiger partial charge in [-0.2, -0.15) is 35.1 Å². The van der Waals surface area contributed by atoms with Crippen LogP contribution in [0.15, 0.2) is 107 Å². The van der Waals surface area contributed by atoms with Crippen molar-refractivity contribution in [3.63, 3.8) is 0 Å². The minimum atomic E-state index is -5.58. The first kappa shape index (κ1) is 60.7. The fourth-order valence-electron chi connectivity index (χ4n) is 7.68. The Hall–Kier alpha value is -4.88. The monoisotopic (exact) mass is 1070 g/mol. The van der Waals surface area contributed by atoms with E-state index in [-0.39, 0.29) is 58.6 Å². The van der Waals surface area contributed by atoms with Gasteiger partial charge in [-0.25, -0.2) is 16.8 Å². The van der Waals surface area contributed by atoms with Gasteiger partial charge in [0, 0.05) is 31.5 Å². The molecule has 19 heteroatoms. The molecule has 1 fully saturated rings. The van der Waals surface area contributed by atoms with Gasteiger partial charge >= 0.3 is 30.2 Å². The Morgan fingerprint density at radius 3 is 1.34 bits per heavy atom. The number of nitrogens with zero attached hydrogens (tertiary/aromatic N) is 1. The second kappa shape index (κ2) is 23.3. The highest BCUT2D eigenvalue weighted by atomic mass is 32.2. The first-order valence-electron chi connectivity index (χ1n) is 23.8. The average Bonchev–Trinajstić information content (AvgIpc) is 3.28. The lowest BCUT2D eigenvalue weighted by Gasteiger charge is -2.44. The highest BCUT2D eigenvalue weighted by molar-refractivity contribution is 7.93. The van der Waals surface area contributed by atoms with E-state index in [0.717, 1.165) is 16.7 Å². The Bertz CT molecular complexity index is 2680. The first-order valence-corrected chi connectivity index (χ1v) is 26.9. The Morgan fingerprint density at radius 1 is 0.548 bits per heavy atom. The third kappa shape index (κ3) is 17.6. The zero-order valence-corrected chi connectivity index (χ0v) is 44.4. The van der Waals surface area contributed by atoms with Crippen molar-refractivity contribution in [1.29, 1.82) is 0 Å². The highest BCUT2D eigenvalue weighted by Crippen LogP contribution is 2.41. The standard InChI is InChI=1S/C31H42F3NO4S.C23H25F5O4S/c1-28(2,3)22-39-27(36)30(18-20-35(21-19-30)29(4,5)6)40(37,38)26-15-13-25(14-16-26)24-11-9-23(10-12-24)8-7-17-31(32,33)34;1-21(2,3)15-32-20(29)14-33(30,31)19-10-8-18(9-11-19)17-6-4-16(5-7-17)12-13-22(24,25)23(26,27)28/h9-16H,7-8,17-22H2,1-6H3;4-11H,12-15H2,1-3H3. The fourth-order valence-corrected chi connectivity index (χ4v) is 10.7. The summed E-state index contributed by atoms with van der Waals surface area (Å²) in [7, 11) is -7.98. The van der Waals surface area contributed by atoms with Crippen molar-refractivity contribution in [2.24, 2.45) is 10.8 Å². The fraction of sp³-hybridized carbons (Fsp3) is 0.519. The van der Waals surface area contributed by atoms with Crippen LogP contribution in [0.3, 0.4) is 0 Å². The Labute approximate surface area is 424 Å². The average molecular weight is 1070 g/mol. The molecule has 0 aliphatic carbocycles. The van der Waals surface area contributed by atoms with Gasteiger partial charge in [-0.05, 0) is 121 Å². The van der Waals surface area contributed by atoms with Gasteiger partial charge in [-0.15, -0.1) is 0 Å². The van der Waals surface area contributed by atoms with E-state index in [0.29, 0.717) is 36.2 Å². The molecule has 0 spiro atoms. The summed E-state index contributed by atoms with van der Waals surface area (Å²) in [5.74, 6) is -7.09. The summed E-state index contributed by atoms with van der Waals surface area (Å²) in [4.78, 5) is 27.6. The number of likely N-dealkylation sites (tertiary alicyclic amines) is 1. The Morgan fingerprint density at radius 2 is 0.945 bits per heavy atom. The van der Waals surface area contributed by atoms with E-state index in [1.165, 1.54) is 48.5 Å². The molecule has 1 heterocycles. The van der Waals surface area contributed by atoms with E-state index in [1.807, 2.05) is 53.7 Å². The van der Waals surface area contributed by atoms with E-state index < -0.39 is 79.7 Å². The molecule has 73 heavy (non-hydrogen) atoms. The van der Waals surface area contributed by atoms with Crippen molar-refractivity contribution < 1.29 is 71.0 Å². The molecule has 0 N–H and O–H groups in total. The highest BCUT2D eigenvalue weighted by Gasteiger charge is 2.57. The largest absolute Gasteiger partial charge is 0.464 e. The van der Waals surface area contributed by atoms with E-state index in [9.17, 15) is 61.5 Å². The van der Waals surface area contributed by atoms with Gasteiger partial charge in [0.05, 0.1) is 23.0 Å². The molecule has 1 saturated heterocycles. The summed E-state index contributed by atoms with van der Waals surface area (Å²) in [6, 6.07) is 25.3. The summed E-state index contributed by atoms with van der Waals surface area (Å²) in [5, 5.41) is 0. The number of piperidine rings is 1. The minimum Gasteiger partial charge on any atom is -0.464 e. The van der Waals surface area contributed by atoms with Crippen molar-refractivity contribution in [2.45, 2.75) is 146 Å². The number of esters is 2. The van der Waals surface area contributed by atoms with Crippen molar-refractivity contribution in [3.05, 3.63) is 108 Å². The molecule has 9 nitrogen and oxygen atoms in total. The second-order valence-electron chi connectivity index (χ2n) is 21.9. The van der Waals surface area contributed by atoms with Crippen LogP contribution >= 0.6 is 0 Å². The third-order valence-electron chi connectivity index (χ3n) is 12.0. The molecule has 0 atom stereocenters. The summed E-state index contributed by atoms with van der Waals surface area (Å²) >= 11 is 0. The van der Waals surface area contributed by atoms with Crippen LogP contribution in [0, 0.1) is 10.8 Å². The molecule has 404 valence electrons. The molecular formula is C54H67F8NO8S2. The SMILES string of the molecule is CC(C)(C)COC(=O)C1(S(=O)(=O)c2ccc(-c3ccc(CCCC(F)(F)F)cc3)cc2)CCN(C(C)(C)C)CC1.CC(C)(C)COC(=O)CS(=O)(=O)c1ccc(-c2ccc(CCC(F)(F)C(F)(F)F)cc2)cc1. The van der Waals surface area contributed by atoms with Crippen LogP contribution in [0.4, 0.5) is 35.1 Å². The molecule has 0 radical (unpaired) electrons. The maximum Gasteiger partial charge on any atom is 0.453 e. The number of benzene rings is 4. The van der Waals surface area contributed by atoms with Crippen molar-refractivity contribution in [1.82, 2.24) is 4.90 Å². The number of sulfone groups is 2. The first-order chi connectivity index (χ1) is 33.3. The molecule has 5 rings (SSSR count). The lowest BCUT2D eigenvalue weighted by atomic mass is 9.92. The number of ether oxygens (including phenoxy) is 2. The maximum atomic E-state index is 14.1. The number of hydrogen-bond acceptors (Lipinski definition) is 9. The molecule has 0 saturated carbocycles. The van der Waals surface area contributed by atoms with Gasteiger partial charge in [0.15, 0.2) is 30.2 Å². The van der Waals surface area contributed by atoms with Crippen LogP contribution in [0.25, 0.3) is 22.3 Å². The van der Waals surface area contributed by atoms with E-state index in [1.54, 1.807) is 36.4 Å². The predicted octanol–water partition coefficient (Wildman–Crippen LogP) is 13.1. The zero-order chi connectivity index (χ0) is 55.1. The molecule has 0 aromatic heterocycles. The van der Waals surface area contributed by atoms with Crippen molar-refractivity contribution in [3.8, 4) is 22.3 Å². The van der Waals surface area contributed by atoms with Crippen LogP contribution in [-0.4, -0.2) is 94.3 Å². The molecule has 1 aliphatic rings. The summed E-state index contributed by atoms with van der Waals surface area (Å²) < 4.78 is 162. The minimum absolute atomic E-state index is 0.0306. The van der Waals surface area contributed by atoms with E-state index in [4.69, 9.17) is 9.47 Å². The van der Waals surface area contributed by atoms with Gasteiger partial charge in [-0.3, -0.25) is 14.5 Å². The van der Waals surface area contributed by atoms with Crippen molar-refractivity contribution >= 4 is 31.6 Å². The van der Waals surface area contributed by atoms with Crippen LogP contribution in [-0.2, 0) is 51.6 Å². The number of hydrogen-bond donors (Lipinski definition) is 0. The summed E-state index contributed by atoms with van der Waals surface area (Å²) in [5.41, 5.74) is 3.19. The summed E-state index contributed by atoms with van der Waals surface area (Å²) in [6.07, 6.45) is -11.7. The zero-order valence-electron chi connectivity index (χ0n) is 42.8. The molecular weight excluding hydrogens is 1010 g/mol. The normalized spacial score (nSPS) is 15.2. The molecule has 4 aromatic rings. The molecule has 0 bridgehead atoms. The van der Waals surface area contributed by atoms with Gasteiger partial charge in [-0.1, -0.05) is 114 Å². The number of alkyl halides is 8. The topological polar surface area (TPSA) is 124 Å². The number of halogens is 8. The smallest absolute Gasteiger partial charge is 0.453 e. The van der Waals surface area contributed by atoms with Crippen molar-refractivity contribution in [2.75, 3.05) is 32.1 Å². The van der Waals surface area contributed by atoms with Gasteiger partial charge < -0.3 is 9.47 Å². The number of carbonyl (C=O) groups excluding carboxylic acids is 2. The Kier molecular flexibility index (Phi) is 19.4. The van der Waals surface area contributed by atoms with E-state index in [2.05, 4.69) is 25.7 Å². The van der Waals surface area contributed by atoms with Gasteiger partial charge in [0.25, 0.3) is 0 Å². The van der Waals surface area contributed by atoms with Crippen LogP contribution < -0.4 is 0 Å². The van der Waals surface area contributed by atoms with Crippen LogP contribution in [0.2, 0.25) is 0 Å². The van der Waals surface area contributed by atoms with Crippen LogP contribution in [0.5, 0.6) is 0 Å². The second-order valence-corrected chi connectivity index (χ2v) is 26.1. The molecule has 0 unspecified atom stereocenters. The maximum absolute atomic E-state index is 14.1. The molecule has 4 aromatic carbocycles. The number of aryl methyl sites for hydroxylation is 2. The lowest BCUT2D eigenvalue weighted by molar-refractivity contribution is -0.284. The molecule has 0 amide bonds. The quantitative estimate of drug-likeness (QED) is 0.0797. The third-order valence-corrected chi connectivity index (χ3v) is 16.1.